The Kier molecular flexibility index (Phi) is 6.56. The highest BCUT2D eigenvalue weighted by Gasteiger charge is 2.14. The van der Waals surface area contributed by atoms with Crippen molar-refractivity contribution in [3.8, 4) is 11.4 Å². The highest BCUT2D eigenvalue weighted by atomic mass is 19.1. The van der Waals surface area contributed by atoms with Gasteiger partial charge in [0.1, 0.15) is 5.82 Å². The fourth-order valence-corrected chi connectivity index (χ4v) is 2.91. The van der Waals surface area contributed by atoms with E-state index >= 15 is 0 Å². The number of aryl methyl sites for hydroxylation is 2. The molecule has 0 saturated carbocycles. The van der Waals surface area contributed by atoms with E-state index in [0.717, 1.165) is 5.56 Å². The van der Waals surface area contributed by atoms with Gasteiger partial charge in [-0.15, -0.1) is 0 Å². The third-order valence-electron chi connectivity index (χ3n) is 4.55. The molecule has 0 spiro atoms. The average Bonchev–Trinajstić information content (AvgIpc) is 3.17. The molecule has 3 aromatic rings. The molecule has 1 atom stereocenters. The maximum absolute atomic E-state index is 13.7. The van der Waals surface area contributed by atoms with E-state index in [0.29, 0.717) is 22.7 Å². The Hall–Kier alpha value is -3.55. The number of hydrogen-bond acceptors (Lipinski definition) is 5. The topological polar surface area (TPSA) is 97.1 Å². The number of aromatic nitrogens is 2. The summed E-state index contributed by atoms with van der Waals surface area (Å²) in [6.45, 7) is 4.98. The van der Waals surface area contributed by atoms with Gasteiger partial charge in [0.25, 0.3) is 0 Å². The zero-order valence-electron chi connectivity index (χ0n) is 17.0. The Labute approximate surface area is 173 Å². The van der Waals surface area contributed by atoms with Crippen LogP contribution in [0.2, 0.25) is 0 Å². The van der Waals surface area contributed by atoms with E-state index in [1.165, 1.54) is 13.0 Å². The second kappa shape index (κ2) is 9.30. The van der Waals surface area contributed by atoms with Gasteiger partial charge in [0, 0.05) is 31.0 Å². The molecular formula is C22H23FN4O3. The summed E-state index contributed by atoms with van der Waals surface area (Å²) in [4.78, 5) is 27.7. The number of rotatable bonds is 7. The third-order valence-corrected chi connectivity index (χ3v) is 4.55. The Morgan fingerprint density at radius 2 is 2.00 bits per heavy atom. The Morgan fingerprint density at radius 1 is 1.20 bits per heavy atom. The van der Waals surface area contributed by atoms with Crippen molar-refractivity contribution >= 4 is 17.5 Å². The SMILES string of the molecule is CC(=O)Nc1cccc(C(C)NC(=O)CCc2nc(-c3ccc(C)c(F)c3)no2)c1. The van der Waals surface area contributed by atoms with Crippen LogP contribution in [0.5, 0.6) is 0 Å². The fourth-order valence-electron chi connectivity index (χ4n) is 2.91. The number of halogens is 1. The molecule has 1 unspecified atom stereocenters. The Bertz CT molecular complexity index is 1060. The van der Waals surface area contributed by atoms with Gasteiger partial charge in [-0.3, -0.25) is 9.59 Å². The molecule has 1 aromatic heterocycles. The molecule has 2 amide bonds. The van der Waals surface area contributed by atoms with E-state index in [1.54, 1.807) is 25.1 Å². The van der Waals surface area contributed by atoms with Crippen molar-refractivity contribution in [2.24, 2.45) is 0 Å². The fraction of sp³-hybridized carbons (Fsp3) is 0.273. The summed E-state index contributed by atoms with van der Waals surface area (Å²) in [7, 11) is 0. The van der Waals surface area contributed by atoms with Crippen LogP contribution < -0.4 is 10.6 Å². The van der Waals surface area contributed by atoms with Gasteiger partial charge in [0.2, 0.25) is 23.5 Å². The Balaban J connectivity index is 1.55. The molecule has 2 N–H and O–H groups in total. The molecule has 30 heavy (non-hydrogen) atoms. The molecule has 3 rings (SSSR count). The smallest absolute Gasteiger partial charge is 0.227 e. The molecule has 0 radical (unpaired) electrons. The van der Waals surface area contributed by atoms with E-state index in [4.69, 9.17) is 4.52 Å². The molecule has 1 heterocycles. The molecule has 0 aliphatic heterocycles. The van der Waals surface area contributed by atoms with Gasteiger partial charge in [-0.1, -0.05) is 29.4 Å². The third kappa shape index (κ3) is 5.50. The minimum Gasteiger partial charge on any atom is -0.350 e. The van der Waals surface area contributed by atoms with Crippen LogP contribution in [0.3, 0.4) is 0 Å². The summed E-state index contributed by atoms with van der Waals surface area (Å²) < 4.78 is 18.9. The Morgan fingerprint density at radius 3 is 2.73 bits per heavy atom. The molecule has 0 bridgehead atoms. The number of carbonyl (C=O) groups is 2. The molecule has 7 nitrogen and oxygen atoms in total. The number of anilines is 1. The first-order chi connectivity index (χ1) is 14.3. The molecule has 0 aliphatic rings. The van der Waals surface area contributed by atoms with E-state index in [9.17, 15) is 14.0 Å². The highest BCUT2D eigenvalue weighted by Crippen LogP contribution is 2.20. The molecule has 156 valence electrons. The lowest BCUT2D eigenvalue weighted by atomic mass is 10.1. The lowest BCUT2D eigenvalue weighted by molar-refractivity contribution is -0.121. The van der Waals surface area contributed by atoms with Crippen LogP contribution >= 0.6 is 0 Å². The van der Waals surface area contributed by atoms with Crippen molar-refractivity contribution in [3.63, 3.8) is 0 Å². The average molecular weight is 410 g/mol. The quantitative estimate of drug-likeness (QED) is 0.615. The van der Waals surface area contributed by atoms with Crippen molar-refractivity contribution < 1.29 is 18.5 Å². The molecule has 2 aromatic carbocycles. The van der Waals surface area contributed by atoms with Gasteiger partial charge in [-0.25, -0.2) is 4.39 Å². The van der Waals surface area contributed by atoms with Crippen molar-refractivity contribution in [2.75, 3.05) is 5.32 Å². The second-order valence-electron chi connectivity index (χ2n) is 7.07. The van der Waals surface area contributed by atoms with Crippen LogP contribution in [0.1, 0.15) is 43.3 Å². The van der Waals surface area contributed by atoms with Crippen LogP contribution in [0.25, 0.3) is 11.4 Å². The number of hydrogen-bond donors (Lipinski definition) is 2. The lowest BCUT2D eigenvalue weighted by Crippen LogP contribution is -2.26. The van der Waals surface area contributed by atoms with Crippen molar-refractivity contribution in [3.05, 3.63) is 65.3 Å². The monoisotopic (exact) mass is 410 g/mol. The number of nitrogens with one attached hydrogen (secondary N) is 2. The minimum absolute atomic E-state index is 0.156. The predicted molar refractivity (Wildman–Crippen MR) is 110 cm³/mol. The van der Waals surface area contributed by atoms with Crippen LogP contribution in [0, 0.1) is 12.7 Å². The predicted octanol–water partition coefficient (Wildman–Crippen LogP) is 3.95. The molecular weight excluding hydrogens is 387 g/mol. The second-order valence-corrected chi connectivity index (χ2v) is 7.07. The summed E-state index contributed by atoms with van der Waals surface area (Å²) in [5.74, 6) is -0.0756. The first-order valence-corrected chi connectivity index (χ1v) is 9.58. The number of nitrogens with zero attached hydrogens (tertiary/aromatic N) is 2. The first-order valence-electron chi connectivity index (χ1n) is 9.58. The van der Waals surface area contributed by atoms with Gasteiger partial charge < -0.3 is 15.2 Å². The molecule has 0 aliphatic carbocycles. The summed E-state index contributed by atoms with van der Waals surface area (Å²) >= 11 is 0. The zero-order valence-corrected chi connectivity index (χ0v) is 17.0. The van der Waals surface area contributed by atoms with Crippen LogP contribution in [-0.4, -0.2) is 22.0 Å². The maximum Gasteiger partial charge on any atom is 0.227 e. The lowest BCUT2D eigenvalue weighted by Gasteiger charge is -2.15. The highest BCUT2D eigenvalue weighted by molar-refractivity contribution is 5.88. The van der Waals surface area contributed by atoms with E-state index in [1.807, 2.05) is 25.1 Å². The summed E-state index contributed by atoms with van der Waals surface area (Å²) in [5, 5.41) is 9.49. The normalized spacial score (nSPS) is 11.7. The van der Waals surface area contributed by atoms with Crippen LogP contribution in [-0.2, 0) is 16.0 Å². The van der Waals surface area contributed by atoms with Crippen molar-refractivity contribution in [1.29, 1.82) is 0 Å². The van der Waals surface area contributed by atoms with Gasteiger partial charge in [0.05, 0.1) is 6.04 Å². The van der Waals surface area contributed by atoms with Gasteiger partial charge in [-0.2, -0.15) is 4.98 Å². The van der Waals surface area contributed by atoms with Gasteiger partial charge >= 0.3 is 0 Å². The summed E-state index contributed by atoms with van der Waals surface area (Å²) in [6, 6.07) is 11.8. The maximum atomic E-state index is 13.7. The van der Waals surface area contributed by atoms with Crippen molar-refractivity contribution in [2.45, 2.75) is 39.7 Å². The molecule has 8 heteroatoms. The van der Waals surface area contributed by atoms with Crippen molar-refractivity contribution in [1.82, 2.24) is 15.5 Å². The van der Waals surface area contributed by atoms with E-state index < -0.39 is 0 Å². The molecule has 0 saturated heterocycles. The number of amides is 2. The standard InChI is InChI=1S/C22H23FN4O3/c1-13-7-8-17(12-19(13)23)22-26-21(30-27-22)10-9-20(29)24-14(2)16-5-4-6-18(11-16)25-15(3)28/h4-8,11-12,14H,9-10H2,1-3H3,(H,24,29)(H,25,28). The summed E-state index contributed by atoms with van der Waals surface area (Å²) in [6.07, 6.45) is 0.436. The first kappa shape index (κ1) is 21.2. The minimum atomic E-state index is -0.338. The van der Waals surface area contributed by atoms with Gasteiger partial charge in [-0.05, 0) is 43.2 Å². The zero-order chi connectivity index (χ0) is 21.7. The van der Waals surface area contributed by atoms with Crippen LogP contribution in [0.15, 0.2) is 47.0 Å². The van der Waals surface area contributed by atoms with E-state index in [-0.39, 0.29) is 42.3 Å². The number of benzene rings is 2. The van der Waals surface area contributed by atoms with Gasteiger partial charge in [0.15, 0.2) is 0 Å². The molecule has 0 fully saturated rings. The largest absolute Gasteiger partial charge is 0.350 e. The van der Waals surface area contributed by atoms with E-state index in [2.05, 4.69) is 20.8 Å². The number of carbonyl (C=O) groups excluding carboxylic acids is 2. The summed E-state index contributed by atoms with van der Waals surface area (Å²) in [5.41, 5.74) is 2.60. The van der Waals surface area contributed by atoms with Crippen LogP contribution in [0.4, 0.5) is 10.1 Å².